The molecule has 0 fully saturated rings. The van der Waals surface area contributed by atoms with Gasteiger partial charge in [-0.1, -0.05) is 58.0 Å². The summed E-state index contributed by atoms with van der Waals surface area (Å²) < 4.78 is 10.3. The second-order valence-electron chi connectivity index (χ2n) is 9.20. The Kier molecular flexibility index (Phi) is 5.85. The van der Waals surface area contributed by atoms with E-state index in [9.17, 15) is 0 Å². The first kappa shape index (κ1) is 22.8. The zero-order chi connectivity index (χ0) is 23.3. The van der Waals surface area contributed by atoms with Crippen LogP contribution in [0.1, 0.15) is 44.4 Å². The van der Waals surface area contributed by atoms with Gasteiger partial charge in [-0.25, -0.2) is 14.2 Å². The molecule has 6 heteroatoms. The van der Waals surface area contributed by atoms with Gasteiger partial charge >= 0.3 is 0 Å². The van der Waals surface area contributed by atoms with Crippen molar-refractivity contribution in [1.82, 2.24) is 9.45 Å². The van der Waals surface area contributed by atoms with E-state index < -0.39 is 7.36 Å². The third kappa shape index (κ3) is 3.17. The molecule has 0 N–H and O–H groups in total. The lowest BCUT2D eigenvalue weighted by molar-refractivity contribution is 0.452. The van der Waals surface area contributed by atoms with Crippen LogP contribution in [-0.4, -0.2) is 42.8 Å². The molecule has 1 atom stereocenters. The highest BCUT2D eigenvalue weighted by molar-refractivity contribution is 7.67. The Morgan fingerprint density at radius 3 is 2.34 bits per heavy atom. The van der Waals surface area contributed by atoms with Crippen LogP contribution in [0.25, 0.3) is 0 Å². The Balaban J connectivity index is 2.09. The molecular weight excluding hydrogens is 413 g/mol. The van der Waals surface area contributed by atoms with E-state index >= 15 is 0 Å². The highest BCUT2D eigenvalue weighted by Gasteiger charge is 2.47. The van der Waals surface area contributed by atoms with Crippen molar-refractivity contribution in [3.63, 3.8) is 0 Å². The zero-order valence-electron chi connectivity index (χ0n) is 20.7. The lowest BCUT2D eigenvalue weighted by Gasteiger charge is -2.39. The number of hydrogen-bond donors (Lipinski definition) is 0. The summed E-state index contributed by atoms with van der Waals surface area (Å²) in [4.78, 5) is 2.37. The molecule has 2 aromatic carbocycles. The van der Waals surface area contributed by atoms with Crippen LogP contribution in [-0.2, 0) is 5.41 Å². The smallest absolute Gasteiger partial charge is 0.174 e. The van der Waals surface area contributed by atoms with Gasteiger partial charge in [0, 0.05) is 44.0 Å². The van der Waals surface area contributed by atoms with Crippen LogP contribution in [0, 0.1) is 13.8 Å². The number of fused-ring (bicyclic) bond motifs is 1. The summed E-state index contributed by atoms with van der Waals surface area (Å²) >= 11 is 0. The molecule has 0 radical (unpaired) electrons. The van der Waals surface area contributed by atoms with E-state index in [1.54, 1.807) is 0 Å². The molecule has 0 spiro atoms. The number of para-hydroxylation sites is 1. The number of likely N-dealkylation sites (N-methyl/N-ethyl adjacent to an activating group) is 1. The summed E-state index contributed by atoms with van der Waals surface area (Å²) in [5, 5.41) is 6.14. The van der Waals surface area contributed by atoms with E-state index in [-0.39, 0.29) is 5.41 Å². The van der Waals surface area contributed by atoms with Gasteiger partial charge in [0.1, 0.15) is 0 Å². The second-order valence-corrected chi connectivity index (χ2v) is 12.2. The molecule has 4 rings (SSSR count). The highest BCUT2D eigenvalue weighted by Crippen LogP contribution is 2.69. The number of aryl methyl sites for hydroxylation is 1. The Bertz CT molecular complexity index is 1160. The van der Waals surface area contributed by atoms with Gasteiger partial charge in [-0.2, -0.15) is 5.10 Å². The molecule has 32 heavy (non-hydrogen) atoms. The number of anilines is 1. The average Bonchev–Trinajstić information content (AvgIpc) is 3.18. The molecule has 0 saturated heterocycles. The fraction of sp³-hybridized carbons (Fsp3) is 0.423. The summed E-state index contributed by atoms with van der Waals surface area (Å²) in [6, 6.07) is 15.2. The fourth-order valence-electron chi connectivity index (χ4n) is 5.23. The van der Waals surface area contributed by atoms with Crippen molar-refractivity contribution in [2.75, 3.05) is 32.1 Å². The molecule has 2 aliphatic rings. The van der Waals surface area contributed by atoms with Gasteiger partial charge in [-0.3, -0.25) is 0 Å². The number of hydrazone groups is 1. The lowest BCUT2D eigenvalue weighted by atomic mass is 9.84. The minimum Gasteiger partial charge on any atom is -0.346 e. The normalized spacial score (nSPS) is 23.9. The van der Waals surface area contributed by atoms with E-state index in [4.69, 9.17) is 9.85 Å². The molecule has 0 amide bonds. The van der Waals surface area contributed by atoms with Gasteiger partial charge in [-0.15, -0.1) is 0 Å². The van der Waals surface area contributed by atoms with Gasteiger partial charge in [-0.05, 0) is 42.7 Å². The number of hydrogen-bond acceptors (Lipinski definition) is 3. The second kappa shape index (κ2) is 8.20. The molecule has 0 unspecified atom stereocenters. The number of allylic oxidation sites excluding steroid dienone is 2. The van der Waals surface area contributed by atoms with Gasteiger partial charge in [0.25, 0.3) is 0 Å². The number of rotatable bonds is 4. The van der Waals surface area contributed by atoms with E-state index in [1.165, 1.54) is 33.4 Å². The van der Waals surface area contributed by atoms with E-state index in [0.29, 0.717) is 0 Å². The van der Waals surface area contributed by atoms with Crippen molar-refractivity contribution in [3.8, 4) is 0 Å². The highest BCUT2D eigenvalue weighted by atomic mass is 31.2. The number of nitrogens with zero attached hydrogens (tertiary/aromatic N) is 5. The van der Waals surface area contributed by atoms with Crippen molar-refractivity contribution >= 4 is 24.9 Å². The van der Waals surface area contributed by atoms with Crippen molar-refractivity contribution in [3.05, 3.63) is 70.2 Å². The maximum Gasteiger partial charge on any atom is 0.174 e. The van der Waals surface area contributed by atoms with Crippen molar-refractivity contribution < 1.29 is 0 Å². The largest absolute Gasteiger partial charge is 0.346 e. The predicted octanol–water partition coefficient (Wildman–Crippen LogP) is 6.88. The average molecular weight is 450 g/mol. The zero-order valence-corrected chi connectivity index (χ0v) is 21.6. The SMILES string of the molecule is CCN(CC)[P@]1(=Nc2cccc(C)c2C)/C(=C2\N(C)c3ccccc3C2(C)C)C=NN1C. The van der Waals surface area contributed by atoms with Crippen molar-refractivity contribution in [1.29, 1.82) is 0 Å². The van der Waals surface area contributed by atoms with Gasteiger partial charge < -0.3 is 4.90 Å². The van der Waals surface area contributed by atoms with Crippen LogP contribution >= 0.6 is 7.36 Å². The quantitative estimate of drug-likeness (QED) is 0.477. The molecular formula is C26H36N5P. The molecule has 2 heterocycles. The monoisotopic (exact) mass is 449 g/mol. The summed E-state index contributed by atoms with van der Waals surface area (Å²) in [7, 11) is 1.97. The maximum absolute atomic E-state index is 5.62. The summed E-state index contributed by atoms with van der Waals surface area (Å²) in [5.41, 5.74) is 7.38. The third-order valence-corrected chi connectivity index (χ3v) is 10.9. The Hall–Kier alpha value is -2.36. The molecule has 0 aromatic heterocycles. The van der Waals surface area contributed by atoms with E-state index in [1.807, 2.05) is 0 Å². The molecule has 0 aliphatic carbocycles. The minimum atomic E-state index is -2.31. The van der Waals surface area contributed by atoms with Crippen LogP contribution in [0.5, 0.6) is 0 Å². The third-order valence-electron chi connectivity index (χ3n) is 7.13. The predicted molar refractivity (Wildman–Crippen MR) is 139 cm³/mol. The summed E-state index contributed by atoms with van der Waals surface area (Å²) in [5.74, 6) is 0. The molecule has 5 nitrogen and oxygen atoms in total. The minimum absolute atomic E-state index is 0.131. The molecule has 2 aliphatic heterocycles. The summed E-state index contributed by atoms with van der Waals surface area (Å²) in [6.45, 7) is 15.3. The van der Waals surface area contributed by atoms with Crippen LogP contribution in [0.4, 0.5) is 11.4 Å². The molecule has 2 aromatic rings. The Morgan fingerprint density at radius 1 is 1.00 bits per heavy atom. The van der Waals surface area contributed by atoms with Gasteiger partial charge in [0.15, 0.2) is 7.36 Å². The topological polar surface area (TPSA) is 34.4 Å². The molecule has 170 valence electrons. The van der Waals surface area contributed by atoms with Crippen LogP contribution in [0.3, 0.4) is 0 Å². The molecule has 0 bridgehead atoms. The maximum atomic E-state index is 5.62. The first-order chi connectivity index (χ1) is 15.2. The number of benzene rings is 2. The van der Waals surface area contributed by atoms with Gasteiger partial charge in [0.2, 0.25) is 0 Å². The van der Waals surface area contributed by atoms with Gasteiger partial charge in [0.05, 0.1) is 17.2 Å². The van der Waals surface area contributed by atoms with E-state index in [0.717, 1.165) is 18.8 Å². The summed E-state index contributed by atoms with van der Waals surface area (Å²) in [6.07, 6.45) is 2.08. The standard InChI is InChI=1S/C26H36N5P/c1-9-31(10-2)32(28-22-16-13-14-19(3)20(22)4)24(18-27-30(32)8)25-26(5,6)21-15-11-12-17-23(21)29(25)7/h11-18H,9-10H2,1-8H3/b25-24-/t32-/m0/s1. The molecule has 0 saturated carbocycles. The van der Waals surface area contributed by atoms with Crippen LogP contribution in [0.2, 0.25) is 0 Å². The van der Waals surface area contributed by atoms with Crippen LogP contribution in [0.15, 0.2) is 63.3 Å². The van der Waals surface area contributed by atoms with Crippen molar-refractivity contribution in [2.45, 2.75) is 47.0 Å². The lowest BCUT2D eigenvalue weighted by Crippen LogP contribution is -2.30. The van der Waals surface area contributed by atoms with E-state index in [2.05, 4.69) is 119 Å². The first-order valence-corrected chi connectivity index (χ1v) is 13.2. The first-order valence-electron chi connectivity index (χ1n) is 11.5. The Morgan fingerprint density at radius 2 is 1.69 bits per heavy atom. The fourth-order valence-corrected chi connectivity index (χ4v) is 9.00. The van der Waals surface area contributed by atoms with Crippen LogP contribution < -0.4 is 4.90 Å². The van der Waals surface area contributed by atoms with Crippen molar-refractivity contribution in [2.24, 2.45) is 9.85 Å². The Labute approximate surface area is 193 Å².